The molecule has 2 heterocycles. The largest absolute Gasteiger partial charge is 0.317 e. The molecule has 1 fully saturated rings. The van der Waals surface area contributed by atoms with E-state index in [1.54, 1.807) is 0 Å². The van der Waals surface area contributed by atoms with E-state index in [4.69, 9.17) is 0 Å². The van der Waals surface area contributed by atoms with Crippen LogP contribution < -0.4 is 5.32 Å². The van der Waals surface area contributed by atoms with E-state index in [0.29, 0.717) is 0 Å². The number of rotatable bonds is 4. The average molecular weight is 208 g/mol. The Morgan fingerprint density at radius 3 is 2.80 bits per heavy atom. The molecular formula is C13H24N2. The summed E-state index contributed by atoms with van der Waals surface area (Å²) in [5.74, 6) is 1.01. The van der Waals surface area contributed by atoms with Gasteiger partial charge in [0, 0.05) is 13.1 Å². The summed E-state index contributed by atoms with van der Waals surface area (Å²) in [5, 5.41) is 3.43. The van der Waals surface area contributed by atoms with Crippen molar-refractivity contribution in [1.82, 2.24) is 10.2 Å². The fraction of sp³-hybridized carbons (Fsp3) is 0.846. The fourth-order valence-corrected chi connectivity index (χ4v) is 2.67. The third-order valence-corrected chi connectivity index (χ3v) is 3.69. The third-order valence-electron chi connectivity index (χ3n) is 3.69. The van der Waals surface area contributed by atoms with Gasteiger partial charge in [-0.05, 0) is 57.7 Å². The SMILES string of the molecule is C1=CCN(CCCC2CCNCC2)CC1. The summed E-state index contributed by atoms with van der Waals surface area (Å²) in [6.45, 7) is 6.28. The van der Waals surface area contributed by atoms with Crippen molar-refractivity contribution in [1.29, 1.82) is 0 Å². The van der Waals surface area contributed by atoms with Crippen molar-refractivity contribution >= 4 is 0 Å². The van der Waals surface area contributed by atoms with E-state index in [1.807, 2.05) is 0 Å². The van der Waals surface area contributed by atoms with Crippen LogP contribution in [-0.4, -0.2) is 37.6 Å². The Balaban J connectivity index is 1.55. The number of piperidine rings is 1. The smallest absolute Gasteiger partial charge is 0.0163 e. The highest BCUT2D eigenvalue weighted by Gasteiger charge is 2.13. The van der Waals surface area contributed by atoms with Gasteiger partial charge in [-0.1, -0.05) is 12.2 Å². The van der Waals surface area contributed by atoms with Gasteiger partial charge in [-0.25, -0.2) is 0 Å². The van der Waals surface area contributed by atoms with Crippen LogP contribution in [0, 0.1) is 5.92 Å². The summed E-state index contributed by atoms with van der Waals surface area (Å²) in [5.41, 5.74) is 0. The van der Waals surface area contributed by atoms with Gasteiger partial charge in [-0.15, -0.1) is 0 Å². The third kappa shape index (κ3) is 3.96. The molecule has 2 rings (SSSR count). The Kier molecular flexibility index (Phi) is 4.68. The van der Waals surface area contributed by atoms with Gasteiger partial charge in [0.15, 0.2) is 0 Å². The number of nitrogens with zero attached hydrogens (tertiary/aromatic N) is 1. The molecule has 1 N–H and O–H groups in total. The number of hydrogen-bond donors (Lipinski definition) is 1. The first-order valence-electron chi connectivity index (χ1n) is 6.53. The minimum absolute atomic E-state index is 1.01. The van der Waals surface area contributed by atoms with Crippen molar-refractivity contribution in [3.8, 4) is 0 Å². The van der Waals surface area contributed by atoms with E-state index in [9.17, 15) is 0 Å². The van der Waals surface area contributed by atoms with E-state index >= 15 is 0 Å². The predicted octanol–water partition coefficient (Wildman–Crippen LogP) is 2.03. The zero-order valence-corrected chi connectivity index (χ0v) is 9.75. The molecule has 0 aromatic rings. The molecular weight excluding hydrogens is 184 g/mol. The molecule has 15 heavy (non-hydrogen) atoms. The molecule has 0 aromatic heterocycles. The van der Waals surface area contributed by atoms with Gasteiger partial charge in [-0.2, -0.15) is 0 Å². The fourth-order valence-electron chi connectivity index (χ4n) is 2.67. The molecule has 0 amide bonds. The van der Waals surface area contributed by atoms with E-state index in [0.717, 1.165) is 5.92 Å². The van der Waals surface area contributed by atoms with Crippen LogP contribution in [0.1, 0.15) is 32.1 Å². The summed E-state index contributed by atoms with van der Waals surface area (Å²) in [7, 11) is 0. The van der Waals surface area contributed by atoms with Crippen molar-refractivity contribution in [2.45, 2.75) is 32.1 Å². The summed E-state index contributed by atoms with van der Waals surface area (Å²) in [4.78, 5) is 2.58. The second kappa shape index (κ2) is 6.29. The van der Waals surface area contributed by atoms with E-state index in [-0.39, 0.29) is 0 Å². The van der Waals surface area contributed by atoms with Crippen molar-refractivity contribution in [3.63, 3.8) is 0 Å². The lowest BCUT2D eigenvalue weighted by molar-refractivity contribution is 0.269. The van der Waals surface area contributed by atoms with Crippen LogP contribution in [-0.2, 0) is 0 Å². The Bertz CT molecular complexity index is 195. The first-order chi connectivity index (χ1) is 7.45. The van der Waals surface area contributed by atoms with Gasteiger partial charge in [0.25, 0.3) is 0 Å². The van der Waals surface area contributed by atoms with Gasteiger partial charge < -0.3 is 5.32 Å². The maximum Gasteiger partial charge on any atom is 0.0163 e. The van der Waals surface area contributed by atoms with Crippen LogP contribution in [0.2, 0.25) is 0 Å². The van der Waals surface area contributed by atoms with Crippen LogP contribution in [0.15, 0.2) is 12.2 Å². The summed E-state index contributed by atoms with van der Waals surface area (Å²) in [6, 6.07) is 0. The molecule has 1 saturated heterocycles. The Morgan fingerprint density at radius 2 is 2.07 bits per heavy atom. The predicted molar refractivity (Wildman–Crippen MR) is 65.0 cm³/mol. The summed E-state index contributed by atoms with van der Waals surface area (Å²) in [6.07, 6.45) is 11.5. The summed E-state index contributed by atoms with van der Waals surface area (Å²) < 4.78 is 0. The van der Waals surface area contributed by atoms with Crippen molar-refractivity contribution in [2.75, 3.05) is 32.7 Å². The standard InChI is InChI=1S/C13H24N2/c1-2-10-15(11-3-1)12-4-5-13-6-8-14-9-7-13/h1-2,13-14H,3-12H2. The second-order valence-electron chi connectivity index (χ2n) is 4.90. The highest BCUT2D eigenvalue weighted by molar-refractivity contribution is 4.90. The highest BCUT2D eigenvalue weighted by atomic mass is 15.1. The molecule has 2 aliphatic rings. The van der Waals surface area contributed by atoms with Crippen molar-refractivity contribution in [2.24, 2.45) is 5.92 Å². The Morgan fingerprint density at radius 1 is 1.20 bits per heavy atom. The lowest BCUT2D eigenvalue weighted by atomic mass is 9.93. The molecule has 86 valence electrons. The molecule has 2 heteroatoms. The molecule has 2 aliphatic heterocycles. The molecule has 0 aliphatic carbocycles. The summed E-state index contributed by atoms with van der Waals surface area (Å²) >= 11 is 0. The maximum absolute atomic E-state index is 3.43. The van der Waals surface area contributed by atoms with E-state index in [2.05, 4.69) is 22.4 Å². The zero-order chi connectivity index (χ0) is 10.3. The van der Waals surface area contributed by atoms with Crippen LogP contribution in [0.4, 0.5) is 0 Å². The zero-order valence-electron chi connectivity index (χ0n) is 9.75. The lowest BCUT2D eigenvalue weighted by Crippen LogP contribution is -2.30. The molecule has 2 nitrogen and oxygen atoms in total. The Hall–Kier alpha value is -0.340. The van der Waals surface area contributed by atoms with Crippen molar-refractivity contribution < 1.29 is 0 Å². The topological polar surface area (TPSA) is 15.3 Å². The van der Waals surface area contributed by atoms with Gasteiger partial charge in [0.05, 0.1) is 0 Å². The maximum atomic E-state index is 3.43. The highest BCUT2D eigenvalue weighted by Crippen LogP contribution is 2.18. The number of nitrogens with one attached hydrogen (secondary N) is 1. The molecule has 0 radical (unpaired) electrons. The average Bonchev–Trinajstić information content (AvgIpc) is 2.32. The van der Waals surface area contributed by atoms with Gasteiger partial charge in [0.1, 0.15) is 0 Å². The van der Waals surface area contributed by atoms with Gasteiger partial charge in [0.2, 0.25) is 0 Å². The molecule has 0 saturated carbocycles. The van der Waals surface area contributed by atoms with Crippen LogP contribution >= 0.6 is 0 Å². The second-order valence-corrected chi connectivity index (χ2v) is 4.90. The molecule has 0 spiro atoms. The minimum atomic E-state index is 1.01. The monoisotopic (exact) mass is 208 g/mol. The quantitative estimate of drug-likeness (QED) is 0.711. The molecule has 0 aromatic carbocycles. The molecule has 0 atom stereocenters. The van der Waals surface area contributed by atoms with E-state index in [1.165, 1.54) is 64.8 Å². The van der Waals surface area contributed by atoms with Gasteiger partial charge in [-0.3, -0.25) is 4.90 Å². The first-order valence-corrected chi connectivity index (χ1v) is 6.53. The minimum Gasteiger partial charge on any atom is -0.317 e. The number of hydrogen-bond acceptors (Lipinski definition) is 2. The molecule has 0 bridgehead atoms. The van der Waals surface area contributed by atoms with E-state index < -0.39 is 0 Å². The van der Waals surface area contributed by atoms with Crippen LogP contribution in [0.3, 0.4) is 0 Å². The Labute approximate surface area is 93.7 Å². The lowest BCUT2D eigenvalue weighted by Gasteiger charge is -2.26. The van der Waals surface area contributed by atoms with Crippen LogP contribution in [0.25, 0.3) is 0 Å². The van der Waals surface area contributed by atoms with Gasteiger partial charge >= 0.3 is 0 Å². The van der Waals surface area contributed by atoms with Crippen LogP contribution in [0.5, 0.6) is 0 Å². The molecule has 0 unspecified atom stereocenters. The first kappa shape index (κ1) is 11.2. The normalized spacial score (nSPS) is 24.5. The van der Waals surface area contributed by atoms with Crippen molar-refractivity contribution in [3.05, 3.63) is 12.2 Å².